The van der Waals surface area contributed by atoms with Gasteiger partial charge in [-0.1, -0.05) is 62.7 Å². The molecule has 0 atom stereocenters. The van der Waals surface area contributed by atoms with Crippen molar-refractivity contribution in [2.24, 2.45) is 0 Å². The first-order valence-electron chi connectivity index (χ1n) is 7.51. The van der Waals surface area contributed by atoms with E-state index in [0.29, 0.717) is 0 Å². The number of benzene rings is 2. The van der Waals surface area contributed by atoms with Gasteiger partial charge in [-0.3, -0.25) is 4.79 Å². The monoisotopic (exact) mass is 293 g/mol. The van der Waals surface area contributed by atoms with Gasteiger partial charge in [-0.2, -0.15) is 0 Å². The van der Waals surface area contributed by atoms with Crippen molar-refractivity contribution < 1.29 is 4.79 Å². The molecule has 0 aliphatic rings. The largest absolute Gasteiger partial charge is 0.323 e. The van der Waals surface area contributed by atoms with Gasteiger partial charge in [0.2, 0.25) is 5.91 Å². The van der Waals surface area contributed by atoms with Crippen LogP contribution < -0.4 is 5.32 Å². The van der Waals surface area contributed by atoms with Crippen LogP contribution in [0, 0.1) is 6.92 Å². The Morgan fingerprint density at radius 2 is 1.73 bits per heavy atom. The molecular weight excluding hydrogens is 270 g/mol. The second kappa shape index (κ2) is 6.61. The van der Waals surface area contributed by atoms with E-state index < -0.39 is 0 Å². The standard InChI is InChI=1S/C20H23NO/c1-15-6-5-7-16(14-15)8-13-19(22)21-18-11-9-17(10-12-18)20(2,3)4/h5-14H,1-4H3,(H,21,22)/b13-8+. The van der Waals surface area contributed by atoms with E-state index in [0.717, 1.165) is 11.3 Å². The van der Waals surface area contributed by atoms with Crippen LogP contribution in [-0.4, -0.2) is 5.91 Å². The second-order valence-electron chi connectivity index (χ2n) is 6.56. The van der Waals surface area contributed by atoms with Crippen molar-refractivity contribution >= 4 is 17.7 Å². The maximum atomic E-state index is 12.0. The predicted molar refractivity (Wildman–Crippen MR) is 94.0 cm³/mol. The van der Waals surface area contributed by atoms with Crippen molar-refractivity contribution in [1.29, 1.82) is 0 Å². The van der Waals surface area contributed by atoms with Crippen LogP contribution in [0.2, 0.25) is 0 Å². The Morgan fingerprint density at radius 1 is 1.05 bits per heavy atom. The van der Waals surface area contributed by atoms with Crippen LogP contribution in [-0.2, 0) is 10.2 Å². The molecule has 2 aromatic rings. The van der Waals surface area contributed by atoms with E-state index in [4.69, 9.17) is 0 Å². The van der Waals surface area contributed by atoms with Gasteiger partial charge in [0, 0.05) is 11.8 Å². The quantitative estimate of drug-likeness (QED) is 0.797. The molecule has 2 nitrogen and oxygen atoms in total. The molecule has 0 aliphatic heterocycles. The lowest BCUT2D eigenvalue weighted by molar-refractivity contribution is -0.111. The molecule has 0 radical (unpaired) electrons. The number of amides is 1. The fraction of sp³-hybridized carbons (Fsp3) is 0.250. The smallest absolute Gasteiger partial charge is 0.248 e. The zero-order valence-corrected chi connectivity index (χ0v) is 13.7. The highest BCUT2D eigenvalue weighted by Crippen LogP contribution is 2.23. The van der Waals surface area contributed by atoms with Crippen molar-refractivity contribution in [1.82, 2.24) is 0 Å². The Kier molecular flexibility index (Phi) is 4.81. The van der Waals surface area contributed by atoms with Crippen LogP contribution >= 0.6 is 0 Å². The molecule has 0 saturated carbocycles. The first-order chi connectivity index (χ1) is 10.3. The van der Waals surface area contributed by atoms with E-state index in [-0.39, 0.29) is 11.3 Å². The summed E-state index contributed by atoms with van der Waals surface area (Å²) in [5, 5.41) is 2.88. The number of carbonyl (C=O) groups is 1. The SMILES string of the molecule is Cc1cccc(/C=C/C(=O)Nc2ccc(C(C)(C)C)cc2)c1. The number of hydrogen-bond acceptors (Lipinski definition) is 1. The number of anilines is 1. The topological polar surface area (TPSA) is 29.1 Å². The number of aryl methyl sites for hydroxylation is 1. The maximum absolute atomic E-state index is 12.0. The normalized spacial score (nSPS) is 11.6. The molecule has 0 spiro atoms. The first kappa shape index (κ1) is 16.0. The average Bonchev–Trinajstić information content (AvgIpc) is 2.45. The molecule has 2 heteroatoms. The number of carbonyl (C=O) groups excluding carboxylic acids is 1. The fourth-order valence-corrected chi connectivity index (χ4v) is 2.18. The van der Waals surface area contributed by atoms with Gasteiger partial charge in [0.1, 0.15) is 0 Å². The highest BCUT2D eigenvalue weighted by Gasteiger charge is 2.12. The van der Waals surface area contributed by atoms with Gasteiger partial charge in [0.25, 0.3) is 0 Å². The van der Waals surface area contributed by atoms with Crippen molar-refractivity contribution in [3.05, 3.63) is 71.3 Å². The third kappa shape index (κ3) is 4.59. The van der Waals surface area contributed by atoms with Gasteiger partial charge in [0.05, 0.1) is 0 Å². The molecule has 0 fully saturated rings. The fourth-order valence-electron chi connectivity index (χ4n) is 2.18. The van der Waals surface area contributed by atoms with Crippen molar-refractivity contribution in [3.8, 4) is 0 Å². The Balaban J connectivity index is 2.00. The van der Waals surface area contributed by atoms with Gasteiger partial charge < -0.3 is 5.32 Å². The summed E-state index contributed by atoms with van der Waals surface area (Å²) in [5.74, 6) is -0.120. The summed E-state index contributed by atoms with van der Waals surface area (Å²) in [6.45, 7) is 8.55. The molecular formula is C20H23NO. The minimum atomic E-state index is -0.120. The van der Waals surface area contributed by atoms with E-state index in [1.165, 1.54) is 11.1 Å². The first-order valence-corrected chi connectivity index (χ1v) is 7.51. The molecule has 22 heavy (non-hydrogen) atoms. The summed E-state index contributed by atoms with van der Waals surface area (Å²) in [7, 11) is 0. The Morgan fingerprint density at radius 3 is 2.32 bits per heavy atom. The van der Waals surface area contributed by atoms with Crippen LogP contribution in [0.5, 0.6) is 0 Å². The summed E-state index contributed by atoms with van der Waals surface area (Å²) >= 11 is 0. The van der Waals surface area contributed by atoms with Crippen LogP contribution in [0.4, 0.5) is 5.69 Å². The molecule has 0 aliphatic carbocycles. The lowest BCUT2D eigenvalue weighted by Crippen LogP contribution is -2.12. The number of rotatable bonds is 3. The number of hydrogen-bond donors (Lipinski definition) is 1. The highest BCUT2D eigenvalue weighted by atomic mass is 16.1. The molecule has 0 saturated heterocycles. The average molecular weight is 293 g/mol. The van der Waals surface area contributed by atoms with Gasteiger partial charge in [-0.15, -0.1) is 0 Å². The maximum Gasteiger partial charge on any atom is 0.248 e. The van der Waals surface area contributed by atoms with Crippen LogP contribution in [0.15, 0.2) is 54.6 Å². The van der Waals surface area contributed by atoms with Crippen molar-refractivity contribution in [2.75, 3.05) is 5.32 Å². The molecule has 0 bridgehead atoms. The predicted octanol–water partition coefficient (Wildman–Crippen LogP) is 4.94. The lowest BCUT2D eigenvalue weighted by Gasteiger charge is -2.19. The van der Waals surface area contributed by atoms with Gasteiger partial charge in [-0.05, 0) is 41.7 Å². The zero-order chi connectivity index (χ0) is 16.2. The van der Waals surface area contributed by atoms with Crippen molar-refractivity contribution in [2.45, 2.75) is 33.1 Å². The highest BCUT2D eigenvalue weighted by molar-refractivity contribution is 6.01. The molecule has 1 N–H and O–H groups in total. The van der Waals surface area contributed by atoms with Crippen LogP contribution in [0.25, 0.3) is 6.08 Å². The molecule has 0 unspecified atom stereocenters. The summed E-state index contributed by atoms with van der Waals surface area (Å²) in [4.78, 5) is 12.0. The summed E-state index contributed by atoms with van der Waals surface area (Å²) in [6.07, 6.45) is 3.39. The third-order valence-corrected chi connectivity index (χ3v) is 3.49. The Bertz CT molecular complexity index is 676. The van der Waals surface area contributed by atoms with E-state index >= 15 is 0 Å². The number of nitrogens with one attached hydrogen (secondary N) is 1. The Hall–Kier alpha value is -2.35. The van der Waals surface area contributed by atoms with Gasteiger partial charge in [0.15, 0.2) is 0 Å². The Labute approximate surface area is 132 Å². The van der Waals surface area contributed by atoms with Crippen LogP contribution in [0.3, 0.4) is 0 Å². The minimum Gasteiger partial charge on any atom is -0.323 e. The van der Waals surface area contributed by atoms with E-state index in [1.807, 2.05) is 49.4 Å². The molecule has 114 valence electrons. The van der Waals surface area contributed by atoms with Crippen LogP contribution in [0.1, 0.15) is 37.5 Å². The second-order valence-corrected chi connectivity index (χ2v) is 6.56. The van der Waals surface area contributed by atoms with Gasteiger partial charge >= 0.3 is 0 Å². The minimum absolute atomic E-state index is 0.119. The molecule has 2 rings (SSSR count). The molecule has 2 aromatic carbocycles. The third-order valence-electron chi connectivity index (χ3n) is 3.49. The molecule has 0 heterocycles. The zero-order valence-electron chi connectivity index (χ0n) is 13.7. The van der Waals surface area contributed by atoms with E-state index in [2.05, 4.69) is 38.2 Å². The summed E-state index contributed by atoms with van der Waals surface area (Å²) in [5.41, 5.74) is 4.39. The molecule has 1 amide bonds. The summed E-state index contributed by atoms with van der Waals surface area (Å²) < 4.78 is 0. The lowest BCUT2D eigenvalue weighted by atomic mass is 9.87. The van der Waals surface area contributed by atoms with Gasteiger partial charge in [-0.25, -0.2) is 0 Å². The summed E-state index contributed by atoms with van der Waals surface area (Å²) in [6, 6.07) is 16.0. The van der Waals surface area contributed by atoms with E-state index in [9.17, 15) is 4.79 Å². The van der Waals surface area contributed by atoms with Crippen molar-refractivity contribution in [3.63, 3.8) is 0 Å². The van der Waals surface area contributed by atoms with E-state index in [1.54, 1.807) is 6.08 Å². The molecule has 0 aromatic heterocycles.